The van der Waals surface area contributed by atoms with E-state index >= 15 is 0 Å². The highest BCUT2D eigenvalue weighted by Crippen LogP contribution is 2.23. The maximum Gasteiger partial charge on any atom is 0.416 e. The van der Waals surface area contributed by atoms with Gasteiger partial charge < -0.3 is 9.64 Å². The molecule has 100 valence electrons. The van der Waals surface area contributed by atoms with E-state index in [2.05, 4.69) is 17.1 Å². The smallest absolute Gasteiger partial charge is 0.389 e. The van der Waals surface area contributed by atoms with E-state index in [1.54, 1.807) is 4.90 Å². The number of hydrogen-bond donors (Lipinski definition) is 1. The van der Waals surface area contributed by atoms with Gasteiger partial charge in [0.05, 0.1) is 10.9 Å². The van der Waals surface area contributed by atoms with Gasteiger partial charge >= 0.3 is 6.09 Å². The predicted octanol–water partition coefficient (Wildman–Crippen LogP) is 2.79. The summed E-state index contributed by atoms with van der Waals surface area (Å²) in [6, 6.07) is 7.61. The van der Waals surface area contributed by atoms with Gasteiger partial charge in [-0.1, -0.05) is 19.1 Å². The van der Waals surface area contributed by atoms with Crippen molar-refractivity contribution >= 4 is 17.0 Å². The van der Waals surface area contributed by atoms with Crippen LogP contribution in [0.4, 0.5) is 4.79 Å². The van der Waals surface area contributed by atoms with Crippen LogP contribution in [-0.4, -0.2) is 34.3 Å². The van der Waals surface area contributed by atoms with Gasteiger partial charge in [0.2, 0.25) is 0 Å². The van der Waals surface area contributed by atoms with Gasteiger partial charge in [-0.05, 0) is 30.9 Å². The van der Waals surface area contributed by atoms with Gasteiger partial charge in [0.25, 0.3) is 5.88 Å². The highest BCUT2D eigenvalue weighted by molar-refractivity contribution is 5.86. The lowest BCUT2D eigenvalue weighted by Crippen LogP contribution is -2.39. The summed E-state index contributed by atoms with van der Waals surface area (Å²) in [6.07, 6.45) is 1.77. The van der Waals surface area contributed by atoms with Crippen molar-refractivity contribution in [3.63, 3.8) is 0 Å². The molecule has 0 bridgehead atoms. The van der Waals surface area contributed by atoms with E-state index < -0.39 is 0 Å². The van der Waals surface area contributed by atoms with Crippen molar-refractivity contribution in [2.24, 2.45) is 5.92 Å². The molecule has 1 aromatic heterocycles. The average Bonchev–Trinajstić information content (AvgIpc) is 2.83. The fourth-order valence-electron chi connectivity index (χ4n) is 2.35. The minimum Gasteiger partial charge on any atom is -0.389 e. The van der Waals surface area contributed by atoms with Crippen LogP contribution in [0.5, 0.6) is 5.88 Å². The molecular weight excluding hydrogens is 242 g/mol. The standard InChI is InChI=1S/C14H17N3O2/c1-10-6-8-17(9-7-10)14(18)19-13-11-4-2-3-5-12(11)15-16-13/h2-5,10H,6-9H2,1H3,(H,15,16). The van der Waals surface area contributed by atoms with Gasteiger partial charge in [0.15, 0.2) is 0 Å². The molecule has 1 N–H and O–H groups in total. The maximum atomic E-state index is 12.1. The van der Waals surface area contributed by atoms with Gasteiger partial charge in [-0.3, -0.25) is 5.10 Å². The number of piperidine rings is 1. The Labute approximate surface area is 111 Å². The van der Waals surface area contributed by atoms with E-state index in [9.17, 15) is 4.79 Å². The molecule has 1 aliphatic rings. The molecule has 1 saturated heterocycles. The minimum atomic E-state index is -0.302. The Morgan fingerprint density at radius 1 is 1.37 bits per heavy atom. The number of para-hydroxylation sites is 1. The van der Waals surface area contributed by atoms with Crippen LogP contribution in [0, 0.1) is 5.92 Å². The van der Waals surface area contributed by atoms with E-state index in [-0.39, 0.29) is 6.09 Å². The molecule has 0 unspecified atom stereocenters. The van der Waals surface area contributed by atoms with Crippen LogP contribution in [0.25, 0.3) is 10.9 Å². The Bertz CT molecular complexity index is 585. The number of fused-ring (bicyclic) bond motifs is 1. The Kier molecular flexibility index (Phi) is 3.11. The second-order valence-corrected chi connectivity index (χ2v) is 5.11. The van der Waals surface area contributed by atoms with Crippen molar-refractivity contribution < 1.29 is 9.53 Å². The third-order valence-electron chi connectivity index (χ3n) is 3.66. The van der Waals surface area contributed by atoms with E-state index in [1.165, 1.54) is 0 Å². The van der Waals surface area contributed by atoms with Gasteiger partial charge in [-0.2, -0.15) is 0 Å². The molecule has 5 heteroatoms. The van der Waals surface area contributed by atoms with Crippen molar-refractivity contribution in [3.05, 3.63) is 24.3 Å². The van der Waals surface area contributed by atoms with Gasteiger partial charge in [0, 0.05) is 13.1 Å². The van der Waals surface area contributed by atoms with Crippen LogP contribution in [0.2, 0.25) is 0 Å². The molecule has 2 heterocycles. The fraction of sp³-hybridized carbons (Fsp3) is 0.429. The molecule has 0 spiro atoms. The lowest BCUT2D eigenvalue weighted by atomic mass is 10.00. The molecule has 1 aliphatic heterocycles. The number of aromatic amines is 1. The number of likely N-dealkylation sites (tertiary alicyclic amines) is 1. The molecule has 1 amide bonds. The summed E-state index contributed by atoms with van der Waals surface area (Å²) in [4.78, 5) is 13.8. The zero-order chi connectivity index (χ0) is 13.2. The Hall–Kier alpha value is -2.04. The van der Waals surface area contributed by atoms with Crippen LogP contribution >= 0.6 is 0 Å². The number of rotatable bonds is 1. The number of amides is 1. The highest BCUT2D eigenvalue weighted by Gasteiger charge is 2.23. The number of hydrogen-bond acceptors (Lipinski definition) is 3. The Morgan fingerprint density at radius 3 is 2.89 bits per heavy atom. The van der Waals surface area contributed by atoms with Crippen molar-refractivity contribution in [1.29, 1.82) is 0 Å². The zero-order valence-electron chi connectivity index (χ0n) is 10.9. The Morgan fingerprint density at radius 2 is 2.11 bits per heavy atom. The first kappa shape index (κ1) is 12.0. The second-order valence-electron chi connectivity index (χ2n) is 5.11. The summed E-state index contributed by atoms with van der Waals surface area (Å²) in [6.45, 7) is 3.74. The zero-order valence-corrected chi connectivity index (χ0v) is 10.9. The summed E-state index contributed by atoms with van der Waals surface area (Å²) in [5.41, 5.74) is 0.873. The average molecular weight is 259 g/mol. The van der Waals surface area contributed by atoms with Crippen molar-refractivity contribution in [3.8, 4) is 5.88 Å². The largest absolute Gasteiger partial charge is 0.416 e. The molecule has 1 fully saturated rings. The number of aromatic nitrogens is 2. The number of H-pyrrole nitrogens is 1. The summed E-state index contributed by atoms with van der Waals surface area (Å²) < 4.78 is 5.39. The summed E-state index contributed by atoms with van der Waals surface area (Å²) in [7, 11) is 0. The summed E-state index contributed by atoms with van der Waals surface area (Å²) in [5.74, 6) is 1.05. The quantitative estimate of drug-likeness (QED) is 0.856. The number of ether oxygens (including phenoxy) is 1. The van der Waals surface area contributed by atoms with Crippen molar-refractivity contribution in [2.75, 3.05) is 13.1 Å². The van der Waals surface area contributed by atoms with Crippen LogP contribution < -0.4 is 4.74 Å². The first-order valence-corrected chi connectivity index (χ1v) is 6.64. The molecule has 5 nitrogen and oxygen atoms in total. The normalized spacial score (nSPS) is 16.8. The minimum absolute atomic E-state index is 0.302. The second kappa shape index (κ2) is 4.91. The number of benzene rings is 1. The first-order valence-electron chi connectivity index (χ1n) is 6.64. The third-order valence-corrected chi connectivity index (χ3v) is 3.66. The van der Waals surface area contributed by atoms with Crippen molar-refractivity contribution in [2.45, 2.75) is 19.8 Å². The van der Waals surface area contributed by atoms with Crippen LogP contribution in [0.3, 0.4) is 0 Å². The molecule has 19 heavy (non-hydrogen) atoms. The van der Waals surface area contributed by atoms with E-state index in [0.29, 0.717) is 11.8 Å². The van der Waals surface area contributed by atoms with E-state index in [0.717, 1.165) is 36.8 Å². The molecule has 2 aromatic rings. The van der Waals surface area contributed by atoms with Crippen LogP contribution in [-0.2, 0) is 0 Å². The lowest BCUT2D eigenvalue weighted by Gasteiger charge is -2.28. The molecule has 3 rings (SSSR count). The fourth-order valence-corrected chi connectivity index (χ4v) is 2.35. The van der Waals surface area contributed by atoms with Gasteiger partial charge in [-0.15, -0.1) is 5.10 Å². The molecule has 0 saturated carbocycles. The number of carbonyl (C=O) groups excluding carboxylic acids is 1. The lowest BCUT2D eigenvalue weighted by molar-refractivity contribution is 0.132. The van der Waals surface area contributed by atoms with Crippen LogP contribution in [0.15, 0.2) is 24.3 Å². The topological polar surface area (TPSA) is 58.2 Å². The van der Waals surface area contributed by atoms with Crippen molar-refractivity contribution in [1.82, 2.24) is 15.1 Å². The number of carbonyl (C=O) groups is 1. The summed E-state index contributed by atoms with van der Waals surface area (Å²) >= 11 is 0. The number of nitrogens with zero attached hydrogens (tertiary/aromatic N) is 2. The Balaban J connectivity index is 1.72. The van der Waals surface area contributed by atoms with E-state index in [4.69, 9.17) is 4.74 Å². The van der Waals surface area contributed by atoms with Gasteiger partial charge in [0.1, 0.15) is 0 Å². The first-order chi connectivity index (χ1) is 9.24. The van der Waals surface area contributed by atoms with Crippen LogP contribution in [0.1, 0.15) is 19.8 Å². The maximum absolute atomic E-state index is 12.1. The molecule has 0 atom stereocenters. The number of nitrogens with one attached hydrogen (secondary N) is 1. The molecule has 1 aromatic carbocycles. The predicted molar refractivity (Wildman–Crippen MR) is 72.1 cm³/mol. The molecule has 0 radical (unpaired) electrons. The monoisotopic (exact) mass is 259 g/mol. The third kappa shape index (κ3) is 2.41. The molecular formula is C14H17N3O2. The highest BCUT2D eigenvalue weighted by atomic mass is 16.6. The molecule has 0 aliphatic carbocycles. The van der Waals surface area contributed by atoms with E-state index in [1.807, 2.05) is 24.3 Å². The SMILES string of the molecule is CC1CCN(C(=O)Oc2n[nH]c3ccccc23)CC1. The summed E-state index contributed by atoms with van der Waals surface area (Å²) in [5, 5.41) is 7.74. The van der Waals surface area contributed by atoms with Gasteiger partial charge in [-0.25, -0.2) is 4.79 Å².